The monoisotopic (exact) mass is 400 g/mol. The molecule has 1 atom stereocenters. The minimum absolute atomic E-state index is 0.0410. The molecule has 2 aromatic rings. The van der Waals surface area contributed by atoms with Crippen LogP contribution in [0, 0.1) is 0 Å². The third kappa shape index (κ3) is 5.04. The summed E-state index contributed by atoms with van der Waals surface area (Å²) in [4.78, 5) is 29.1. The Labute approximate surface area is 170 Å². The van der Waals surface area contributed by atoms with Gasteiger partial charge in [-0.3, -0.25) is 9.59 Å². The van der Waals surface area contributed by atoms with Crippen molar-refractivity contribution >= 4 is 23.4 Å². The van der Waals surface area contributed by atoms with Crippen LogP contribution in [0.3, 0.4) is 0 Å². The molecule has 1 aliphatic rings. The number of carbonyl (C=O) groups is 2. The Balaban J connectivity index is 1.67. The summed E-state index contributed by atoms with van der Waals surface area (Å²) in [5, 5.41) is 0.650. The Hall–Kier alpha value is -2.53. The molecule has 1 saturated heterocycles. The lowest BCUT2D eigenvalue weighted by atomic mass is 10.00. The predicted molar refractivity (Wildman–Crippen MR) is 109 cm³/mol. The molecular formula is C22H25ClN2O3. The lowest BCUT2D eigenvalue weighted by molar-refractivity contribution is -0.147. The fourth-order valence-electron chi connectivity index (χ4n) is 3.34. The van der Waals surface area contributed by atoms with E-state index in [-0.39, 0.29) is 11.8 Å². The summed E-state index contributed by atoms with van der Waals surface area (Å²) >= 11 is 5.88. The summed E-state index contributed by atoms with van der Waals surface area (Å²) in [6, 6.07) is 16.0. The lowest BCUT2D eigenvalue weighted by Gasteiger charge is -2.36. The van der Waals surface area contributed by atoms with E-state index in [1.54, 1.807) is 41.1 Å². The maximum atomic E-state index is 13.2. The highest BCUT2D eigenvalue weighted by Gasteiger charge is 2.34. The molecule has 0 spiro atoms. The fraction of sp³-hybridized carbons (Fsp3) is 0.364. The molecule has 1 aliphatic heterocycles. The highest BCUT2D eigenvalue weighted by Crippen LogP contribution is 2.27. The molecule has 0 bridgehead atoms. The van der Waals surface area contributed by atoms with Gasteiger partial charge in [0, 0.05) is 25.0 Å². The van der Waals surface area contributed by atoms with E-state index in [9.17, 15) is 9.59 Å². The van der Waals surface area contributed by atoms with Crippen LogP contribution in [0.1, 0.15) is 30.9 Å². The Morgan fingerprint density at radius 3 is 2.54 bits per heavy atom. The molecule has 1 fully saturated rings. The van der Waals surface area contributed by atoms with E-state index < -0.39 is 6.04 Å². The number of ether oxygens (including phenoxy) is 1. The second kappa shape index (κ2) is 9.60. The average Bonchev–Trinajstić information content (AvgIpc) is 2.72. The van der Waals surface area contributed by atoms with Crippen molar-refractivity contribution in [1.82, 2.24) is 9.80 Å². The summed E-state index contributed by atoms with van der Waals surface area (Å²) in [5.41, 5.74) is 0.841. The maximum Gasteiger partial charge on any atom is 0.249 e. The van der Waals surface area contributed by atoms with Crippen LogP contribution in [-0.4, -0.2) is 48.4 Å². The van der Waals surface area contributed by atoms with Crippen molar-refractivity contribution in [3.05, 3.63) is 65.2 Å². The highest BCUT2D eigenvalue weighted by molar-refractivity contribution is 6.30. The zero-order valence-corrected chi connectivity index (χ0v) is 16.8. The molecule has 0 aliphatic carbocycles. The molecule has 1 unspecified atom stereocenters. The molecule has 0 aromatic heterocycles. The van der Waals surface area contributed by atoms with Crippen LogP contribution in [0.4, 0.5) is 0 Å². The number of amides is 2. The van der Waals surface area contributed by atoms with Gasteiger partial charge in [0.25, 0.3) is 0 Å². The number of hydrogen-bond acceptors (Lipinski definition) is 3. The van der Waals surface area contributed by atoms with Crippen LogP contribution in [0.2, 0.25) is 5.02 Å². The third-order valence-electron chi connectivity index (χ3n) is 4.91. The molecule has 0 N–H and O–H groups in total. The third-order valence-corrected chi connectivity index (χ3v) is 5.16. The van der Waals surface area contributed by atoms with E-state index in [4.69, 9.17) is 16.3 Å². The van der Waals surface area contributed by atoms with Gasteiger partial charge in [-0.2, -0.15) is 0 Å². The summed E-state index contributed by atoms with van der Waals surface area (Å²) in [7, 11) is 1.75. The number of likely N-dealkylation sites (N-methyl/N-ethyl adjacent to an activating group) is 1. The topological polar surface area (TPSA) is 49.9 Å². The average molecular weight is 401 g/mol. The Morgan fingerprint density at radius 2 is 1.86 bits per heavy atom. The van der Waals surface area contributed by atoms with Crippen molar-refractivity contribution in [2.24, 2.45) is 0 Å². The zero-order chi connectivity index (χ0) is 19.9. The van der Waals surface area contributed by atoms with Gasteiger partial charge in [-0.15, -0.1) is 0 Å². The number of carbonyl (C=O) groups excluding carboxylic acids is 2. The van der Waals surface area contributed by atoms with Gasteiger partial charge in [0.2, 0.25) is 11.8 Å². The second-order valence-electron chi connectivity index (χ2n) is 6.92. The number of benzene rings is 2. The highest BCUT2D eigenvalue weighted by atomic mass is 35.5. The van der Waals surface area contributed by atoms with E-state index in [1.165, 1.54) is 0 Å². The molecule has 6 heteroatoms. The quantitative estimate of drug-likeness (QED) is 0.707. The number of nitrogens with zero attached hydrogens (tertiary/aromatic N) is 2. The van der Waals surface area contributed by atoms with Crippen LogP contribution in [0.25, 0.3) is 0 Å². The van der Waals surface area contributed by atoms with Crippen LogP contribution < -0.4 is 4.74 Å². The van der Waals surface area contributed by atoms with Gasteiger partial charge in [-0.1, -0.05) is 41.9 Å². The summed E-state index contributed by atoms with van der Waals surface area (Å²) in [6.07, 6.45) is 2.31. The number of piperidine rings is 1. The Bertz CT molecular complexity index is 795. The van der Waals surface area contributed by atoms with Crippen molar-refractivity contribution < 1.29 is 14.3 Å². The minimum atomic E-state index is -0.588. The number of hydrogen-bond donors (Lipinski definition) is 0. The van der Waals surface area contributed by atoms with Gasteiger partial charge < -0.3 is 14.5 Å². The van der Waals surface area contributed by atoms with E-state index in [0.717, 1.165) is 18.4 Å². The van der Waals surface area contributed by atoms with Gasteiger partial charge in [0.15, 0.2) is 0 Å². The van der Waals surface area contributed by atoms with Crippen LogP contribution in [0.5, 0.6) is 5.75 Å². The Morgan fingerprint density at radius 1 is 1.14 bits per heavy atom. The Kier molecular flexibility index (Phi) is 6.93. The number of halogens is 1. The molecule has 3 rings (SSSR count). The molecular weight excluding hydrogens is 376 g/mol. The van der Waals surface area contributed by atoms with E-state index in [0.29, 0.717) is 36.9 Å². The zero-order valence-electron chi connectivity index (χ0n) is 16.0. The van der Waals surface area contributed by atoms with E-state index in [1.807, 2.05) is 30.3 Å². The summed E-state index contributed by atoms with van der Waals surface area (Å²) in [6.45, 7) is 1.39. The van der Waals surface area contributed by atoms with Crippen molar-refractivity contribution in [3.63, 3.8) is 0 Å². The van der Waals surface area contributed by atoms with Crippen molar-refractivity contribution in [2.75, 3.05) is 26.7 Å². The van der Waals surface area contributed by atoms with E-state index >= 15 is 0 Å². The van der Waals surface area contributed by atoms with Crippen LogP contribution in [0.15, 0.2) is 54.6 Å². The molecule has 2 aromatic carbocycles. The van der Waals surface area contributed by atoms with Crippen LogP contribution in [-0.2, 0) is 9.59 Å². The first-order chi connectivity index (χ1) is 13.6. The summed E-state index contributed by atoms with van der Waals surface area (Å²) < 4.78 is 5.70. The van der Waals surface area contributed by atoms with Gasteiger partial charge in [0.05, 0.1) is 6.54 Å². The first-order valence-electron chi connectivity index (χ1n) is 9.54. The predicted octanol–water partition coefficient (Wildman–Crippen LogP) is 3.93. The first-order valence-corrected chi connectivity index (χ1v) is 9.92. The largest absolute Gasteiger partial charge is 0.492 e. The second-order valence-corrected chi connectivity index (χ2v) is 7.36. The van der Waals surface area contributed by atoms with Gasteiger partial charge in [-0.25, -0.2) is 0 Å². The molecule has 0 radical (unpaired) electrons. The number of likely N-dealkylation sites (tertiary alicyclic amines) is 1. The fourth-order valence-corrected chi connectivity index (χ4v) is 3.47. The van der Waals surface area contributed by atoms with Gasteiger partial charge >= 0.3 is 0 Å². The molecule has 0 saturated carbocycles. The van der Waals surface area contributed by atoms with Gasteiger partial charge in [-0.05, 0) is 42.7 Å². The van der Waals surface area contributed by atoms with Crippen LogP contribution >= 0.6 is 11.6 Å². The van der Waals surface area contributed by atoms with Crippen molar-refractivity contribution in [3.8, 4) is 5.75 Å². The minimum Gasteiger partial charge on any atom is -0.492 e. The molecule has 2 amide bonds. The molecule has 28 heavy (non-hydrogen) atoms. The van der Waals surface area contributed by atoms with Crippen molar-refractivity contribution in [2.45, 2.75) is 25.3 Å². The smallest absolute Gasteiger partial charge is 0.249 e. The molecule has 148 valence electrons. The molecule has 5 nitrogen and oxygen atoms in total. The number of rotatable bonds is 7. The first kappa shape index (κ1) is 20.2. The lowest BCUT2D eigenvalue weighted by Crippen LogP contribution is -2.46. The SMILES string of the molecule is CN(CCOc1ccc(Cl)cc1)C(=O)C(c1ccccc1)N1CCCCC1=O. The standard InChI is InChI=1S/C22H25ClN2O3/c1-24(15-16-28-19-12-10-18(23)11-13-19)22(27)21(17-7-3-2-4-8-17)25-14-6-5-9-20(25)26/h2-4,7-8,10-13,21H,5-6,9,14-16H2,1H3. The normalized spacial score (nSPS) is 15.2. The van der Waals surface area contributed by atoms with Gasteiger partial charge in [0.1, 0.15) is 18.4 Å². The molecule has 1 heterocycles. The van der Waals surface area contributed by atoms with Crippen molar-refractivity contribution in [1.29, 1.82) is 0 Å². The maximum absolute atomic E-state index is 13.2. The summed E-state index contributed by atoms with van der Waals surface area (Å²) in [5.74, 6) is 0.650. The van der Waals surface area contributed by atoms with E-state index in [2.05, 4.69) is 0 Å².